The second-order valence-electron chi connectivity index (χ2n) is 6.53. The van der Waals surface area contributed by atoms with Crippen LogP contribution >= 0.6 is 11.3 Å². The molecule has 0 radical (unpaired) electrons. The molecule has 0 atom stereocenters. The van der Waals surface area contributed by atoms with E-state index in [1.807, 2.05) is 0 Å². The van der Waals surface area contributed by atoms with Crippen molar-refractivity contribution in [3.63, 3.8) is 0 Å². The van der Waals surface area contributed by atoms with Crippen molar-refractivity contribution < 1.29 is 9.18 Å². The van der Waals surface area contributed by atoms with Crippen LogP contribution in [-0.2, 0) is 0 Å². The Morgan fingerprint density at radius 1 is 1.19 bits per heavy atom. The lowest BCUT2D eigenvalue weighted by Crippen LogP contribution is -2.39. The summed E-state index contributed by atoms with van der Waals surface area (Å²) in [6.07, 6.45) is 6.63. The summed E-state index contributed by atoms with van der Waals surface area (Å²) >= 11 is 1.31. The Balaban J connectivity index is 1.72. The lowest BCUT2D eigenvalue weighted by atomic mass is 9.95. The van der Waals surface area contributed by atoms with Crippen molar-refractivity contribution in [2.75, 3.05) is 0 Å². The molecule has 1 aromatic carbocycles. The summed E-state index contributed by atoms with van der Waals surface area (Å²) in [5.74, 6) is -0.716. The molecule has 1 amide bonds. The van der Waals surface area contributed by atoms with Crippen molar-refractivity contribution in [2.24, 2.45) is 0 Å². The molecule has 0 spiro atoms. The SMILES string of the molecule is O=C(NC1CCCCC1)c1cnc2scc(-c3ccc(F)cc3)n2c1=O. The maximum Gasteiger partial charge on any atom is 0.271 e. The molecule has 2 heterocycles. The Kier molecular flexibility index (Phi) is 4.55. The standard InChI is InChI=1S/C19H18FN3O2S/c20-13-8-6-12(7-9-13)16-11-26-19-21-10-15(18(25)23(16)19)17(24)22-14-4-2-1-3-5-14/h6-11,14H,1-5H2,(H,22,24). The molecule has 26 heavy (non-hydrogen) atoms. The highest BCUT2D eigenvalue weighted by molar-refractivity contribution is 7.15. The van der Waals surface area contributed by atoms with Crippen LogP contribution in [0, 0.1) is 5.82 Å². The fourth-order valence-electron chi connectivity index (χ4n) is 3.38. The summed E-state index contributed by atoms with van der Waals surface area (Å²) in [6, 6.07) is 6.03. The maximum absolute atomic E-state index is 13.2. The van der Waals surface area contributed by atoms with Gasteiger partial charge >= 0.3 is 0 Å². The van der Waals surface area contributed by atoms with Crippen LogP contribution in [0.15, 0.2) is 40.6 Å². The minimum absolute atomic E-state index is 0.0369. The van der Waals surface area contributed by atoms with E-state index < -0.39 is 5.56 Å². The summed E-state index contributed by atoms with van der Waals surface area (Å²) < 4.78 is 14.6. The molecule has 4 rings (SSSR count). The molecular formula is C19H18FN3O2S. The largest absolute Gasteiger partial charge is 0.349 e. The summed E-state index contributed by atoms with van der Waals surface area (Å²) in [4.78, 5) is 30.3. The quantitative estimate of drug-likeness (QED) is 0.765. The zero-order chi connectivity index (χ0) is 18.1. The van der Waals surface area contributed by atoms with Crippen LogP contribution in [0.3, 0.4) is 0 Å². The van der Waals surface area contributed by atoms with E-state index in [0.29, 0.717) is 16.2 Å². The number of rotatable bonds is 3. The van der Waals surface area contributed by atoms with Crippen LogP contribution in [0.25, 0.3) is 16.2 Å². The number of hydrogen-bond donors (Lipinski definition) is 1. The van der Waals surface area contributed by atoms with E-state index in [-0.39, 0.29) is 23.3 Å². The smallest absolute Gasteiger partial charge is 0.271 e. The van der Waals surface area contributed by atoms with Crippen LogP contribution in [0.2, 0.25) is 0 Å². The van der Waals surface area contributed by atoms with Gasteiger partial charge in [0.05, 0.1) is 5.69 Å². The van der Waals surface area contributed by atoms with E-state index in [9.17, 15) is 14.0 Å². The molecule has 1 N–H and O–H groups in total. The molecule has 1 saturated carbocycles. The predicted octanol–water partition coefficient (Wildman–Crippen LogP) is 3.62. The van der Waals surface area contributed by atoms with Gasteiger partial charge in [-0.25, -0.2) is 9.37 Å². The number of fused-ring (bicyclic) bond motifs is 1. The number of nitrogens with zero attached hydrogens (tertiary/aromatic N) is 2. The fourth-order valence-corrected chi connectivity index (χ4v) is 4.24. The molecular weight excluding hydrogens is 353 g/mol. The first-order chi connectivity index (χ1) is 12.6. The lowest BCUT2D eigenvalue weighted by molar-refractivity contribution is 0.0925. The molecule has 7 heteroatoms. The molecule has 1 fully saturated rings. The third-order valence-electron chi connectivity index (χ3n) is 4.77. The van der Waals surface area contributed by atoms with E-state index in [0.717, 1.165) is 25.7 Å². The summed E-state index contributed by atoms with van der Waals surface area (Å²) in [5, 5.41) is 4.75. The molecule has 0 saturated heterocycles. The molecule has 5 nitrogen and oxygen atoms in total. The van der Waals surface area contributed by atoms with Gasteiger partial charge in [-0.15, -0.1) is 11.3 Å². The molecule has 0 bridgehead atoms. The molecule has 1 aliphatic carbocycles. The highest BCUT2D eigenvalue weighted by atomic mass is 32.1. The number of carbonyl (C=O) groups is 1. The second-order valence-corrected chi connectivity index (χ2v) is 7.37. The molecule has 0 unspecified atom stereocenters. The van der Waals surface area contributed by atoms with Crippen LogP contribution in [0.1, 0.15) is 42.5 Å². The van der Waals surface area contributed by atoms with E-state index in [1.165, 1.54) is 40.5 Å². The first-order valence-corrected chi connectivity index (χ1v) is 9.57. The Hall–Kier alpha value is -2.54. The van der Waals surface area contributed by atoms with Gasteiger partial charge in [-0.1, -0.05) is 19.3 Å². The summed E-state index contributed by atoms with van der Waals surface area (Å²) in [6.45, 7) is 0. The van der Waals surface area contributed by atoms with Gasteiger partial charge in [0.2, 0.25) is 0 Å². The maximum atomic E-state index is 13.2. The van der Waals surface area contributed by atoms with Gasteiger partial charge in [0.1, 0.15) is 11.4 Å². The predicted molar refractivity (Wildman–Crippen MR) is 99.1 cm³/mol. The van der Waals surface area contributed by atoms with Gasteiger partial charge in [0, 0.05) is 17.6 Å². The van der Waals surface area contributed by atoms with Crippen LogP contribution in [0.5, 0.6) is 0 Å². The molecule has 0 aliphatic heterocycles. The topological polar surface area (TPSA) is 63.5 Å². The Labute approximate surface area is 153 Å². The molecule has 134 valence electrons. The average Bonchev–Trinajstić information content (AvgIpc) is 3.08. The van der Waals surface area contributed by atoms with E-state index >= 15 is 0 Å². The van der Waals surface area contributed by atoms with Gasteiger partial charge in [0.25, 0.3) is 11.5 Å². The second kappa shape index (κ2) is 6.99. The highest BCUT2D eigenvalue weighted by Crippen LogP contribution is 2.24. The van der Waals surface area contributed by atoms with Gasteiger partial charge < -0.3 is 5.32 Å². The van der Waals surface area contributed by atoms with Crippen molar-refractivity contribution in [1.82, 2.24) is 14.7 Å². The first kappa shape index (κ1) is 16.9. The lowest BCUT2D eigenvalue weighted by Gasteiger charge is -2.22. The number of amides is 1. The van der Waals surface area contributed by atoms with Gasteiger partial charge in [-0.2, -0.15) is 0 Å². The minimum atomic E-state index is -0.399. The van der Waals surface area contributed by atoms with Crippen molar-refractivity contribution in [1.29, 1.82) is 0 Å². The third-order valence-corrected chi connectivity index (χ3v) is 5.61. The third kappa shape index (κ3) is 3.14. The number of halogens is 1. The highest BCUT2D eigenvalue weighted by Gasteiger charge is 2.21. The van der Waals surface area contributed by atoms with Crippen molar-refractivity contribution in [2.45, 2.75) is 38.1 Å². The number of benzene rings is 1. The van der Waals surface area contributed by atoms with E-state index in [4.69, 9.17) is 0 Å². The van der Waals surface area contributed by atoms with Crippen molar-refractivity contribution in [3.8, 4) is 11.3 Å². The van der Waals surface area contributed by atoms with Crippen LogP contribution in [-0.4, -0.2) is 21.3 Å². The normalized spacial score (nSPS) is 15.3. The van der Waals surface area contributed by atoms with Crippen LogP contribution in [0.4, 0.5) is 4.39 Å². The zero-order valence-corrected chi connectivity index (χ0v) is 14.9. The summed E-state index contributed by atoms with van der Waals surface area (Å²) in [7, 11) is 0. The zero-order valence-electron chi connectivity index (χ0n) is 14.1. The average molecular weight is 371 g/mol. The van der Waals surface area contributed by atoms with Gasteiger partial charge in [-0.3, -0.25) is 14.0 Å². The number of nitrogens with one attached hydrogen (secondary N) is 1. The Morgan fingerprint density at radius 3 is 2.65 bits per heavy atom. The minimum Gasteiger partial charge on any atom is -0.349 e. The first-order valence-electron chi connectivity index (χ1n) is 8.69. The van der Waals surface area contributed by atoms with Gasteiger partial charge in [-0.05, 0) is 42.7 Å². The Morgan fingerprint density at radius 2 is 1.92 bits per heavy atom. The van der Waals surface area contributed by atoms with Crippen molar-refractivity contribution in [3.05, 3.63) is 57.6 Å². The van der Waals surface area contributed by atoms with Crippen molar-refractivity contribution >= 4 is 22.2 Å². The van der Waals surface area contributed by atoms with E-state index in [2.05, 4.69) is 10.3 Å². The fraction of sp³-hybridized carbons (Fsp3) is 0.316. The molecule has 3 aromatic rings. The number of carbonyl (C=O) groups excluding carboxylic acids is 1. The Bertz CT molecular complexity index is 1000. The molecule has 2 aromatic heterocycles. The summed E-state index contributed by atoms with van der Waals surface area (Å²) in [5.41, 5.74) is 0.944. The van der Waals surface area contributed by atoms with Gasteiger partial charge in [0.15, 0.2) is 4.96 Å². The number of hydrogen-bond acceptors (Lipinski definition) is 4. The van der Waals surface area contributed by atoms with Crippen LogP contribution < -0.4 is 10.9 Å². The number of aromatic nitrogens is 2. The number of thiazole rings is 1. The molecule has 1 aliphatic rings. The monoisotopic (exact) mass is 371 g/mol. The van der Waals surface area contributed by atoms with E-state index in [1.54, 1.807) is 17.5 Å².